The Morgan fingerprint density at radius 2 is 2.40 bits per heavy atom. The highest BCUT2D eigenvalue weighted by Crippen LogP contribution is 2.24. The number of carbonyl (C=O) groups excluding carboxylic acids is 1. The number of amides is 1. The molecule has 0 spiro atoms. The molecule has 5 heteroatoms. The summed E-state index contributed by atoms with van der Waals surface area (Å²) in [5, 5.41) is 2.49. The molecule has 15 heavy (non-hydrogen) atoms. The van der Waals surface area contributed by atoms with Crippen LogP contribution in [-0.2, 0) is 4.79 Å². The highest BCUT2D eigenvalue weighted by atomic mass is 16.3. The summed E-state index contributed by atoms with van der Waals surface area (Å²) in [5.74, 6) is 0.452. The standard InChI is InChI=1S/C10H7N3O2/c14-10-9-7(11-5-12-10)4-6(13-9)8-2-1-3-15-8/h1-5,7H,(H,11,12,14). The second-order valence-corrected chi connectivity index (χ2v) is 3.22. The summed E-state index contributed by atoms with van der Waals surface area (Å²) >= 11 is 0. The molecule has 0 aliphatic carbocycles. The van der Waals surface area contributed by atoms with Gasteiger partial charge in [-0.15, -0.1) is 0 Å². The van der Waals surface area contributed by atoms with E-state index in [1.807, 2.05) is 6.08 Å². The quantitative estimate of drug-likeness (QED) is 0.723. The van der Waals surface area contributed by atoms with E-state index in [0.29, 0.717) is 17.2 Å². The predicted molar refractivity (Wildman–Crippen MR) is 54.5 cm³/mol. The van der Waals surface area contributed by atoms with Crippen molar-refractivity contribution < 1.29 is 9.21 Å². The van der Waals surface area contributed by atoms with Crippen LogP contribution >= 0.6 is 0 Å². The van der Waals surface area contributed by atoms with E-state index in [2.05, 4.69) is 15.3 Å². The lowest BCUT2D eigenvalue weighted by Gasteiger charge is -2.09. The van der Waals surface area contributed by atoms with Gasteiger partial charge in [-0.2, -0.15) is 0 Å². The highest BCUT2D eigenvalue weighted by molar-refractivity contribution is 6.45. The molecule has 0 aromatic carbocycles. The second kappa shape index (κ2) is 2.91. The average Bonchev–Trinajstić information content (AvgIpc) is 2.86. The number of carbonyl (C=O) groups is 1. The molecule has 1 aromatic rings. The van der Waals surface area contributed by atoms with Crippen LogP contribution in [0.3, 0.4) is 0 Å². The third kappa shape index (κ3) is 1.20. The van der Waals surface area contributed by atoms with Gasteiger partial charge in [0.05, 0.1) is 12.6 Å². The molecule has 0 fully saturated rings. The molecule has 2 aliphatic heterocycles. The predicted octanol–water partition coefficient (Wildman–Crippen LogP) is 0.602. The van der Waals surface area contributed by atoms with Gasteiger partial charge >= 0.3 is 0 Å². The van der Waals surface area contributed by atoms with Gasteiger partial charge in [-0.25, -0.2) is 4.99 Å². The van der Waals surface area contributed by atoms with E-state index < -0.39 is 0 Å². The topological polar surface area (TPSA) is 67.0 Å². The van der Waals surface area contributed by atoms with Crippen LogP contribution in [0.15, 0.2) is 38.9 Å². The lowest BCUT2D eigenvalue weighted by Crippen LogP contribution is -2.39. The number of rotatable bonds is 1. The average molecular weight is 201 g/mol. The van der Waals surface area contributed by atoms with Gasteiger partial charge in [-0.3, -0.25) is 9.79 Å². The number of nitrogens with zero attached hydrogens (tertiary/aromatic N) is 2. The normalized spacial score (nSPS) is 23.2. The Morgan fingerprint density at radius 1 is 1.47 bits per heavy atom. The molecule has 0 saturated heterocycles. The summed E-state index contributed by atoms with van der Waals surface area (Å²) in [7, 11) is 0. The fraction of sp³-hybridized carbons (Fsp3) is 0.100. The van der Waals surface area contributed by atoms with Crippen LogP contribution in [0.2, 0.25) is 0 Å². The molecule has 0 saturated carbocycles. The van der Waals surface area contributed by atoms with Crippen molar-refractivity contribution in [3.63, 3.8) is 0 Å². The summed E-state index contributed by atoms with van der Waals surface area (Å²) in [4.78, 5) is 19.7. The first-order chi connectivity index (χ1) is 7.34. The maximum atomic E-state index is 11.4. The Bertz CT molecular complexity index is 497. The lowest BCUT2D eigenvalue weighted by molar-refractivity contribution is -0.113. The molecular formula is C10H7N3O2. The zero-order valence-corrected chi connectivity index (χ0v) is 7.68. The molecule has 5 nitrogen and oxygen atoms in total. The fourth-order valence-corrected chi connectivity index (χ4v) is 1.57. The fourth-order valence-electron chi connectivity index (χ4n) is 1.57. The minimum absolute atomic E-state index is 0.201. The summed E-state index contributed by atoms with van der Waals surface area (Å²) in [6.45, 7) is 0. The number of hydrogen-bond donors (Lipinski definition) is 1. The van der Waals surface area contributed by atoms with E-state index in [1.54, 1.807) is 18.4 Å². The Morgan fingerprint density at radius 3 is 3.13 bits per heavy atom. The first-order valence-corrected chi connectivity index (χ1v) is 4.51. The number of furan rings is 1. The molecule has 0 radical (unpaired) electrons. The van der Waals surface area contributed by atoms with Crippen molar-refractivity contribution in [2.45, 2.75) is 6.04 Å². The summed E-state index contributed by atoms with van der Waals surface area (Å²) in [6, 6.07) is 3.31. The summed E-state index contributed by atoms with van der Waals surface area (Å²) in [5.41, 5.74) is 1.08. The van der Waals surface area contributed by atoms with Crippen LogP contribution in [0.4, 0.5) is 0 Å². The van der Waals surface area contributed by atoms with Gasteiger partial charge in [-0.1, -0.05) is 0 Å². The molecule has 1 amide bonds. The minimum atomic E-state index is -0.265. The van der Waals surface area contributed by atoms with Crippen molar-refractivity contribution in [1.29, 1.82) is 0 Å². The van der Waals surface area contributed by atoms with Crippen LogP contribution in [0.5, 0.6) is 0 Å². The largest absolute Gasteiger partial charge is 0.463 e. The molecule has 1 aromatic heterocycles. The van der Waals surface area contributed by atoms with Gasteiger partial charge in [-0.05, 0) is 18.2 Å². The van der Waals surface area contributed by atoms with E-state index in [-0.39, 0.29) is 11.9 Å². The maximum Gasteiger partial charge on any atom is 0.273 e. The first-order valence-electron chi connectivity index (χ1n) is 4.51. The van der Waals surface area contributed by atoms with E-state index in [1.165, 1.54) is 6.34 Å². The van der Waals surface area contributed by atoms with E-state index in [0.717, 1.165) is 0 Å². The molecule has 3 heterocycles. The summed E-state index contributed by atoms with van der Waals surface area (Å²) in [6.07, 6.45) is 4.78. The molecule has 2 aliphatic rings. The molecule has 0 bridgehead atoms. The zero-order valence-electron chi connectivity index (χ0n) is 7.68. The number of nitrogens with one attached hydrogen (secondary N) is 1. The Kier molecular flexibility index (Phi) is 1.58. The van der Waals surface area contributed by atoms with Gasteiger partial charge in [0.15, 0.2) is 5.76 Å². The van der Waals surface area contributed by atoms with E-state index in [9.17, 15) is 4.79 Å². The third-order valence-electron chi connectivity index (χ3n) is 2.27. The van der Waals surface area contributed by atoms with Crippen LogP contribution in [-0.4, -0.2) is 24.0 Å². The van der Waals surface area contributed by atoms with Gasteiger partial charge in [0.1, 0.15) is 17.5 Å². The van der Waals surface area contributed by atoms with Crippen molar-refractivity contribution >= 4 is 23.7 Å². The van der Waals surface area contributed by atoms with Crippen molar-refractivity contribution in [2.75, 3.05) is 0 Å². The molecule has 74 valence electrons. The van der Waals surface area contributed by atoms with Crippen LogP contribution in [0.25, 0.3) is 5.70 Å². The monoisotopic (exact) mass is 201 g/mol. The highest BCUT2D eigenvalue weighted by Gasteiger charge is 2.29. The SMILES string of the molecule is O=C1NC=NC2C=C(c3ccco3)N=C12. The van der Waals surface area contributed by atoms with Gasteiger partial charge in [0.2, 0.25) is 0 Å². The van der Waals surface area contributed by atoms with Gasteiger partial charge < -0.3 is 9.73 Å². The van der Waals surface area contributed by atoms with Crippen LogP contribution < -0.4 is 5.32 Å². The van der Waals surface area contributed by atoms with E-state index in [4.69, 9.17) is 4.42 Å². The Labute approximate surface area is 85.2 Å². The summed E-state index contributed by atoms with van der Waals surface area (Å²) < 4.78 is 5.20. The molecule has 1 unspecified atom stereocenters. The van der Waals surface area contributed by atoms with Crippen molar-refractivity contribution in [3.05, 3.63) is 30.2 Å². The maximum absolute atomic E-state index is 11.4. The second-order valence-electron chi connectivity index (χ2n) is 3.22. The first kappa shape index (κ1) is 8.16. The van der Waals surface area contributed by atoms with Crippen molar-refractivity contribution in [2.24, 2.45) is 9.98 Å². The third-order valence-corrected chi connectivity index (χ3v) is 2.27. The molecule has 1 atom stereocenters. The lowest BCUT2D eigenvalue weighted by atomic mass is 10.1. The van der Waals surface area contributed by atoms with Gasteiger partial charge in [0, 0.05) is 0 Å². The minimum Gasteiger partial charge on any atom is -0.463 e. The Balaban J connectivity index is 2.03. The van der Waals surface area contributed by atoms with Crippen LogP contribution in [0.1, 0.15) is 5.76 Å². The smallest absolute Gasteiger partial charge is 0.273 e. The zero-order chi connectivity index (χ0) is 10.3. The number of hydrogen-bond acceptors (Lipinski definition) is 4. The van der Waals surface area contributed by atoms with Gasteiger partial charge in [0.25, 0.3) is 5.91 Å². The molecule has 1 N–H and O–H groups in total. The van der Waals surface area contributed by atoms with Crippen molar-refractivity contribution in [1.82, 2.24) is 5.32 Å². The Hall–Kier alpha value is -2.17. The van der Waals surface area contributed by atoms with Crippen LogP contribution in [0, 0.1) is 0 Å². The molecular weight excluding hydrogens is 194 g/mol. The van der Waals surface area contributed by atoms with E-state index >= 15 is 0 Å². The van der Waals surface area contributed by atoms with Crippen molar-refractivity contribution in [3.8, 4) is 0 Å². The number of fused-ring (bicyclic) bond motifs is 1. The molecule has 3 rings (SSSR count). The number of aliphatic imine (C=N–C) groups is 2.